The summed E-state index contributed by atoms with van der Waals surface area (Å²) in [5, 5.41) is 2.67. The molecule has 0 amide bonds. The summed E-state index contributed by atoms with van der Waals surface area (Å²) in [6.07, 6.45) is 1.87. The van der Waals surface area contributed by atoms with Crippen LogP contribution in [0.4, 0.5) is 17.3 Å². The molecule has 0 radical (unpaired) electrons. The fourth-order valence-corrected chi connectivity index (χ4v) is 5.19. The molecule has 0 spiro atoms. The van der Waals surface area contributed by atoms with Crippen molar-refractivity contribution in [2.24, 2.45) is 0 Å². The van der Waals surface area contributed by atoms with Gasteiger partial charge in [0.25, 0.3) is 0 Å². The number of halogens is 5. The average molecular weight is 621 g/mol. The van der Waals surface area contributed by atoms with Gasteiger partial charge in [0, 0.05) is 14.1 Å². The molecule has 0 atom stereocenters. The van der Waals surface area contributed by atoms with Crippen molar-refractivity contribution in [3.63, 3.8) is 0 Å². The van der Waals surface area contributed by atoms with Crippen LogP contribution in [0.15, 0.2) is 109 Å². The molecule has 192 valence electrons. The minimum atomic E-state index is -6.00. The van der Waals surface area contributed by atoms with Crippen LogP contribution in [0.3, 0.4) is 0 Å². The van der Waals surface area contributed by atoms with Crippen LogP contribution in [0.5, 0.6) is 0 Å². The molecule has 0 saturated heterocycles. The molecule has 0 saturated carbocycles. The predicted molar refractivity (Wildman–Crippen MR) is 144 cm³/mol. The molecule has 0 fully saturated rings. The second-order valence-corrected chi connectivity index (χ2v) is 9.92. The van der Waals surface area contributed by atoms with Crippen molar-refractivity contribution >= 4 is 40.9 Å². The third kappa shape index (κ3) is 13.3. The number of aromatic nitrogens is 1. The molecule has 1 aromatic heterocycles. The number of hydrogen-bond acceptors (Lipinski definition) is 1. The van der Waals surface area contributed by atoms with Crippen LogP contribution >= 0.6 is 17.6 Å². The van der Waals surface area contributed by atoms with E-state index >= 15 is 0 Å². The van der Waals surface area contributed by atoms with E-state index in [1.165, 1.54) is 21.7 Å². The zero-order chi connectivity index (χ0) is 27.0. The zero-order valence-corrected chi connectivity index (χ0v) is 23.6. The maximum Gasteiger partial charge on any atom is 0.0720 e. The Morgan fingerprint density at radius 3 is 1.47 bits per heavy atom. The van der Waals surface area contributed by atoms with E-state index in [1.807, 2.05) is 29.6 Å². The van der Waals surface area contributed by atoms with Crippen LogP contribution in [0.1, 0.15) is 30.9 Å². The van der Waals surface area contributed by atoms with Gasteiger partial charge in [0.2, 0.25) is 0 Å². The van der Waals surface area contributed by atoms with Gasteiger partial charge in [-0.1, -0.05) is 110 Å². The topological polar surface area (TPSA) is 12.9 Å². The van der Waals surface area contributed by atoms with E-state index in [0.717, 1.165) is 5.44 Å². The normalized spacial score (nSPS) is 10.3. The Hall–Kier alpha value is -2.06. The predicted octanol–water partition coefficient (Wildman–Crippen LogP) is 7.95. The Labute approximate surface area is 226 Å². The zero-order valence-electron chi connectivity index (χ0n) is 20.2. The maximum atomic E-state index is 9.75. The first kappa shape index (κ1) is 32.0. The first-order valence-electron chi connectivity index (χ1n) is 11.0. The molecular formula is C27H28BClF4NPRu. The number of aryl methyl sites for hydroxylation is 1. The molecule has 1 heterocycles. The van der Waals surface area contributed by atoms with Gasteiger partial charge in [-0.05, 0) is 41.1 Å². The molecule has 4 aromatic rings. The smallest absolute Gasteiger partial charge is 0.0720 e. The van der Waals surface area contributed by atoms with Crippen LogP contribution in [0.2, 0.25) is 0 Å². The largest absolute Gasteiger partial charge is 0.256 e. The Kier molecular flexibility index (Phi) is 15.5. The summed E-state index contributed by atoms with van der Waals surface area (Å²) in [6.45, 7) is 6.54. The molecule has 0 aliphatic heterocycles. The molecule has 0 aliphatic rings. The van der Waals surface area contributed by atoms with Gasteiger partial charge in [0.05, 0.1) is 5.44 Å². The molecule has 4 rings (SSSR count). The van der Waals surface area contributed by atoms with Crippen molar-refractivity contribution in [2.45, 2.75) is 26.7 Å². The number of pyridine rings is 1. The van der Waals surface area contributed by atoms with Crippen LogP contribution in [-0.4, -0.2) is 12.2 Å². The second-order valence-electron chi connectivity index (χ2n) is 7.75. The summed E-state index contributed by atoms with van der Waals surface area (Å²) in [7, 11) is -1.99. The van der Waals surface area contributed by atoms with E-state index in [0.29, 0.717) is 5.92 Å². The van der Waals surface area contributed by atoms with Crippen molar-refractivity contribution in [1.29, 1.82) is 0 Å². The average Bonchev–Trinajstić information content (AvgIpc) is 2.87. The van der Waals surface area contributed by atoms with Gasteiger partial charge in [-0.2, -0.15) is 0 Å². The van der Waals surface area contributed by atoms with Crippen molar-refractivity contribution in [3.05, 3.63) is 120 Å². The molecule has 0 N–H and O–H groups in total. The molecule has 0 unspecified atom stereocenters. The molecule has 9 heteroatoms. The molecule has 3 aromatic carbocycles. The Morgan fingerprint density at radius 1 is 0.694 bits per heavy atom. The number of hydrogen-bond donors (Lipinski definition) is 0. The third-order valence-electron chi connectivity index (χ3n) is 4.65. The van der Waals surface area contributed by atoms with E-state index in [1.54, 1.807) is 0 Å². The number of benzene rings is 3. The molecule has 0 aliphatic carbocycles. The van der Waals surface area contributed by atoms with Crippen molar-refractivity contribution in [3.8, 4) is 0 Å². The summed E-state index contributed by atoms with van der Waals surface area (Å²) < 4.78 is 39.0. The summed E-state index contributed by atoms with van der Waals surface area (Å²) in [5.74, 6) is 0.653. The van der Waals surface area contributed by atoms with Gasteiger partial charge in [-0.25, -0.2) is 0 Å². The standard InChI is InChI=1S/C17H14NP.C10H14.BF4.ClH.Ru/c1-3-9-15(10-4-1)19(16-11-5-2-6-12-16)17-13-7-8-14-18-17;1-8(2)10-6-4-9(3)5-7-10;2-1(3,4)5;;/h1-14H;4-8H,1-3H3;;1H;/q;;-1;;+2/p-1. The number of rotatable bonds is 4. The van der Waals surface area contributed by atoms with Crippen LogP contribution in [-0.2, 0) is 17.3 Å². The van der Waals surface area contributed by atoms with Gasteiger partial charge < -0.3 is 17.3 Å². The summed E-state index contributed by atoms with van der Waals surface area (Å²) in [5.41, 5.74) is 3.91. The summed E-state index contributed by atoms with van der Waals surface area (Å²) >= 11 is 1.82. The number of nitrogens with zero attached hydrogens (tertiary/aromatic N) is 1. The molecule has 0 bridgehead atoms. The van der Waals surface area contributed by atoms with E-state index < -0.39 is 15.2 Å². The van der Waals surface area contributed by atoms with Gasteiger partial charge in [-0.15, -0.1) is 0 Å². The summed E-state index contributed by atoms with van der Waals surface area (Å²) in [4.78, 5) is 4.56. The quantitative estimate of drug-likeness (QED) is 0.128. The first-order chi connectivity index (χ1) is 17.1. The first-order valence-corrected chi connectivity index (χ1v) is 14.6. The van der Waals surface area contributed by atoms with Crippen LogP contribution in [0.25, 0.3) is 0 Å². The fraction of sp³-hybridized carbons (Fsp3) is 0.148. The van der Waals surface area contributed by atoms with E-state index in [2.05, 4.69) is 133 Å². The van der Waals surface area contributed by atoms with Crippen molar-refractivity contribution in [2.75, 3.05) is 0 Å². The SMILES string of the molecule is Cc1ccc(C(C)C)cc1.F[B-](F)(F)F.[Cl][Ru+].c1ccc(P(c2ccccc2)c2ccccn2)cc1. The third-order valence-corrected chi connectivity index (χ3v) is 7.00. The van der Waals surface area contributed by atoms with Gasteiger partial charge in [0.15, 0.2) is 0 Å². The molecule has 1 nitrogen and oxygen atoms in total. The van der Waals surface area contributed by atoms with Gasteiger partial charge in [-0.3, -0.25) is 4.98 Å². The summed E-state index contributed by atoms with van der Waals surface area (Å²) in [6, 6.07) is 36.1. The Bertz CT molecular complexity index is 988. The van der Waals surface area contributed by atoms with E-state index in [9.17, 15) is 17.3 Å². The van der Waals surface area contributed by atoms with Crippen LogP contribution in [0, 0.1) is 6.92 Å². The minimum absolute atomic E-state index is 0.557. The van der Waals surface area contributed by atoms with Crippen molar-refractivity contribution < 1.29 is 34.6 Å². The Morgan fingerprint density at radius 2 is 1.11 bits per heavy atom. The molecule has 36 heavy (non-hydrogen) atoms. The Balaban J connectivity index is 0.000000320. The maximum absolute atomic E-state index is 9.75. The van der Waals surface area contributed by atoms with Gasteiger partial charge >= 0.3 is 34.3 Å². The second kappa shape index (κ2) is 17.4. The monoisotopic (exact) mass is 621 g/mol. The van der Waals surface area contributed by atoms with Crippen LogP contribution < -0.4 is 16.0 Å². The fourth-order valence-electron chi connectivity index (χ4n) is 3.01. The molecular weight excluding hydrogens is 593 g/mol. The van der Waals surface area contributed by atoms with Crippen molar-refractivity contribution in [1.82, 2.24) is 4.98 Å². The van der Waals surface area contributed by atoms with E-state index in [-0.39, 0.29) is 0 Å². The minimum Gasteiger partial charge on any atom is -0.256 e. The van der Waals surface area contributed by atoms with E-state index in [4.69, 9.17) is 0 Å². The van der Waals surface area contributed by atoms with Gasteiger partial charge in [0.1, 0.15) is 0 Å².